The van der Waals surface area contributed by atoms with Crippen molar-refractivity contribution in [2.75, 3.05) is 7.05 Å². The minimum atomic E-state index is -0.191. The maximum absolute atomic E-state index is 13.6. The number of fused-ring (bicyclic) bond motifs is 1. The Bertz CT molecular complexity index is 699. The van der Waals surface area contributed by atoms with Gasteiger partial charge in [-0.3, -0.25) is 4.90 Å². The lowest BCUT2D eigenvalue weighted by molar-refractivity contribution is 0.226. The van der Waals surface area contributed by atoms with E-state index in [1.165, 1.54) is 18.9 Å². The van der Waals surface area contributed by atoms with Crippen LogP contribution in [0, 0.1) is 17.5 Å². The van der Waals surface area contributed by atoms with Crippen LogP contribution >= 0.6 is 12.2 Å². The van der Waals surface area contributed by atoms with Crippen molar-refractivity contribution in [3.63, 3.8) is 0 Å². The van der Waals surface area contributed by atoms with Gasteiger partial charge in [0.1, 0.15) is 5.82 Å². The summed E-state index contributed by atoms with van der Waals surface area (Å²) in [6.45, 7) is 4.83. The van der Waals surface area contributed by atoms with Gasteiger partial charge in [0, 0.05) is 18.6 Å². The SMILES string of the molecule is Cc1cc2c(cc1F)[nH]c(=S)n2CC(C)N(C)C1CC1. The second-order valence-electron chi connectivity index (χ2n) is 5.90. The first-order valence-corrected chi connectivity index (χ1v) is 7.49. The maximum atomic E-state index is 13.6. The summed E-state index contributed by atoms with van der Waals surface area (Å²) < 4.78 is 16.4. The van der Waals surface area contributed by atoms with E-state index in [2.05, 4.69) is 28.4 Å². The summed E-state index contributed by atoms with van der Waals surface area (Å²) in [5.41, 5.74) is 2.42. The molecule has 0 radical (unpaired) electrons. The first-order chi connectivity index (χ1) is 9.47. The van der Waals surface area contributed by atoms with Crippen molar-refractivity contribution < 1.29 is 4.39 Å². The minimum Gasteiger partial charge on any atom is -0.330 e. The molecule has 0 saturated heterocycles. The van der Waals surface area contributed by atoms with Crippen LogP contribution in [-0.2, 0) is 6.54 Å². The number of likely N-dealkylation sites (N-methyl/N-ethyl adjacent to an activating group) is 1. The first-order valence-electron chi connectivity index (χ1n) is 7.08. The lowest BCUT2D eigenvalue weighted by Crippen LogP contribution is -2.34. The van der Waals surface area contributed by atoms with Gasteiger partial charge in [0.25, 0.3) is 0 Å². The summed E-state index contributed by atoms with van der Waals surface area (Å²) in [4.78, 5) is 5.52. The number of hydrogen-bond donors (Lipinski definition) is 1. The quantitative estimate of drug-likeness (QED) is 0.870. The third-order valence-electron chi connectivity index (χ3n) is 4.32. The Kier molecular flexibility index (Phi) is 3.42. The topological polar surface area (TPSA) is 24.0 Å². The molecule has 1 unspecified atom stereocenters. The number of hydrogen-bond acceptors (Lipinski definition) is 2. The molecule has 2 aromatic rings. The van der Waals surface area contributed by atoms with Crippen LogP contribution in [0.5, 0.6) is 0 Å². The van der Waals surface area contributed by atoms with Crippen LogP contribution in [0.1, 0.15) is 25.3 Å². The first kappa shape index (κ1) is 13.8. The number of benzene rings is 1. The number of imidazole rings is 1. The molecule has 0 aliphatic heterocycles. The number of aromatic nitrogens is 2. The highest BCUT2D eigenvalue weighted by Crippen LogP contribution is 2.28. The summed E-state index contributed by atoms with van der Waals surface area (Å²) in [5, 5.41) is 0. The normalized spacial score (nSPS) is 17.1. The monoisotopic (exact) mass is 293 g/mol. The summed E-state index contributed by atoms with van der Waals surface area (Å²) in [7, 11) is 2.17. The van der Waals surface area contributed by atoms with E-state index in [-0.39, 0.29) is 5.82 Å². The van der Waals surface area contributed by atoms with Gasteiger partial charge in [0.15, 0.2) is 4.77 Å². The smallest absolute Gasteiger partial charge is 0.178 e. The van der Waals surface area contributed by atoms with Crippen molar-refractivity contribution in [1.82, 2.24) is 14.5 Å². The maximum Gasteiger partial charge on any atom is 0.178 e. The number of halogens is 1. The number of aromatic amines is 1. The molecule has 1 saturated carbocycles. The fraction of sp³-hybridized carbons (Fsp3) is 0.533. The highest BCUT2D eigenvalue weighted by atomic mass is 32.1. The summed E-state index contributed by atoms with van der Waals surface area (Å²) >= 11 is 5.39. The number of aryl methyl sites for hydroxylation is 1. The summed E-state index contributed by atoms with van der Waals surface area (Å²) in [6.07, 6.45) is 2.59. The van der Waals surface area contributed by atoms with Crippen molar-refractivity contribution in [1.29, 1.82) is 0 Å². The Morgan fingerprint density at radius 3 is 2.85 bits per heavy atom. The standard InChI is InChI=1S/C15H20FN3S/c1-9-6-14-13(7-12(9)16)17-15(20)19(14)8-10(2)18(3)11-4-5-11/h6-7,10-11H,4-5,8H2,1-3H3,(H,17,20). The molecule has 3 nitrogen and oxygen atoms in total. The van der Waals surface area contributed by atoms with E-state index >= 15 is 0 Å². The molecule has 1 heterocycles. The van der Waals surface area contributed by atoms with Crippen LogP contribution < -0.4 is 0 Å². The number of H-pyrrole nitrogens is 1. The molecule has 1 fully saturated rings. The fourth-order valence-corrected chi connectivity index (χ4v) is 2.98. The van der Waals surface area contributed by atoms with E-state index in [1.807, 2.05) is 6.07 Å². The van der Waals surface area contributed by atoms with Gasteiger partial charge in [-0.05, 0) is 63.7 Å². The predicted octanol–water partition coefficient (Wildman–Crippen LogP) is 3.63. The largest absolute Gasteiger partial charge is 0.330 e. The van der Waals surface area contributed by atoms with Crippen molar-refractivity contribution in [3.8, 4) is 0 Å². The number of nitrogens with one attached hydrogen (secondary N) is 1. The van der Waals surface area contributed by atoms with Gasteiger partial charge in [0.2, 0.25) is 0 Å². The zero-order valence-electron chi connectivity index (χ0n) is 12.1. The average molecular weight is 293 g/mol. The van der Waals surface area contributed by atoms with Gasteiger partial charge >= 0.3 is 0 Å². The Labute approximate surface area is 123 Å². The Balaban J connectivity index is 1.96. The third kappa shape index (κ3) is 2.40. The third-order valence-corrected chi connectivity index (χ3v) is 4.64. The van der Waals surface area contributed by atoms with Crippen LogP contribution in [0.2, 0.25) is 0 Å². The van der Waals surface area contributed by atoms with E-state index < -0.39 is 0 Å². The Morgan fingerprint density at radius 2 is 2.20 bits per heavy atom. The molecule has 0 amide bonds. The lowest BCUT2D eigenvalue weighted by Gasteiger charge is -2.25. The predicted molar refractivity (Wildman–Crippen MR) is 82.1 cm³/mol. The van der Waals surface area contributed by atoms with Crippen LogP contribution in [0.3, 0.4) is 0 Å². The molecular formula is C15H20FN3S. The van der Waals surface area contributed by atoms with Gasteiger partial charge in [-0.25, -0.2) is 4.39 Å². The van der Waals surface area contributed by atoms with Crippen LogP contribution in [0.25, 0.3) is 11.0 Å². The van der Waals surface area contributed by atoms with Crippen LogP contribution in [0.15, 0.2) is 12.1 Å². The molecule has 20 heavy (non-hydrogen) atoms. The van der Waals surface area contributed by atoms with Gasteiger partial charge in [-0.2, -0.15) is 0 Å². The van der Waals surface area contributed by atoms with Crippen molar-refractivity contribution in [2.24, 2.45) is 0 Å². The fourth-order valence-electron chi connectivity index (χ4n) is 2.70. The zero-order valence-corrected chi connectivity index (χ0v) is 12.9. The van der Waals surface area contributed by atoms with Gasteiger partial charge in [-0.15, -0.1) is 0 Å². The second-order valence-corrected chi connectivity index (χ2v) is 6.29. The molecule has 5 heteroatoms. The van der Waals surface area contributed by atoms with E-state index in [9.17, 15) is 4.39 Å². The molecule has 1 atom stereocenters. The highest BCUT2D eigenvalue weighted by molar-refractivity contribution is 7.71. The van der Waals surface area contributed by atoms with E-state index in [0.29, 0.717) is 16.4 Å². The Morgan fingerprint density at radius 1 is 1.50 bits per heavy atom. The highest BCUT2D eigenvalue weighted by Gasteiger charge is 2.29. The van der Waals surface area contributed by atoms with Crippen molar-refractivity contribution in [2.45, 2.75) is 45.3 Å². The molecule has 108 valence electrons. The lowest BCUT2D eigenvalue weighted by atomic mass is 10.2. The van der Waals surface area contributed by atoms with Crippen LogP contribution in [0.4, 0.5) is 4.39 Å². The van der Waals surface area contributed by atoms with E-state index in [0.717, 1.165) is 23.6 Å². The molecule has 1 aliphatic carbocycles. The summed E-state index contributed by atoms with van der Waals surface area (Å²) in [5.74, 6) is -0.191. The molecule has 1 aliphatic rings. The number of nitrogens with zero attached hydrogens (tertiary/aromatic N) is 2. The molecule has 1 aromatic heterocycles. The molecule has 3 rings (SSSR count). The van der Waals surface area contributed by atoms with Gasteiger partial charge in [-0.1, -0.05) is 0 Å². The van der Waals surface area contributed by atoms with Gasteiger partial charge in [0.05, 0.1) is 11.0 Å². The number of rotatable bonds is 4. The second kappa shape index (κ2) is 4.97. The molecular weight excluding hydrogens is 273 g/mol. The molecule has 1 N–H and O–H groups in total. The average Bonchev–Trinajstić information content (AvgIpc) is 3.19. The minimum absolute atomic E-state index is 0.191. The van der Waals surface area contributed by atoms with E-state index in [1.54, 1.807) is 6.92 Å². The Hall–Kier alpha value is -1.20. The molecule has 0 bridgehead atoms. The van der Waals surface area contributed by atoms with E-state index in [4.69, 9.17) is 12.2 Å². The van der Waals surface area contributed by atoms with Crippen molar-refractivity contribution >= 4 is 23.3 Å². The molecule has 0 spiro atoms. The molecule has 1 aromatic carbocycles. The zero-order chi connectivity index (χ0) is 14.4. The summed E-state index contributed by atoms with van der Waals surface area (Å²) in [6, 6.07) is 4.55. The van der Waals surface area contributed by atoms with Gasteiger partial charge < -0.3 is 9.55 Å². The van der Waals surface area contributed by atoms with Crippen molar-refractivity contribution in [3.05, 3.63) is 28.3 Å². The van der Waals surface area contributed by atoms with Crippen LogP contribution in [-0.4, -0.2) is 33.6 Å².